The summed E-state index contributed by atoms with van der Waals surface area (Å²) in [4.78, 5) is 5.39. The Morgan fingerprint density at radius 3 is 2.84 bits per heavy atom. The Kier molecular flexibility index (Phi) is 6.62. The molecule has 2 rings (SSSR count). The van der Waals surface area contributed by atoms with E-state index in [0.717, 1.165) is 12.0 Å². The highest BCUT2D eigenvalue weighted by atomic mass is 15.3. The summed E-state index contributed by atoms with van der Waals surface area (Å²) in [5.41, 5.74) is 0. The largest absolute Gasteiger partial charge is 0.315 e. The van der Waals surface area contributed by atoms with E-state index in [0.29, 0.717) is 0 Å². The van der Waals surface area contributed by atoms with Gasteiger partial charge in [0.05, 0.1) is 0 Å². The fourth-order valence-corrected chi connectivity index (χ4v) is 3.42. The van der Waals surface area contributed by atoms with E-state index in [1.54, 1.807) is 0 Å². The molecule has 0 aromatic heterocycles. The Balaban J connectivity index is 1.52. The third-order valence-corrected chi connectivity index (χ3v) is 4.66. The molecule has 0 aliphatic carbocycles. The number of hydrogen-bond acceptors (Lipinski definition) is 3. The molecule has 3 nitrogen and oxygen atoms in total. The lowest BCUT2D eigenvalue weighted by atomic mass is 9.99. The molecule has 2 saturated heterocycles. The summed E-state index contributed by atoms with van der Waals surface area (Å²) in [5, 5.41) is 3.60. The second kappa shape index (κ2) is 8.23. The molecule has 3 heteroatoms. The molecular formula is C16H33N3. The van der Waals surface area contributed by atoms with Gasteiger partial charge >= 0.3 is 0 Å². The Morgan fingerprint density at radius 1 is 1.11 bits per heavy atom. The van der Waals surface area contributed by atoms with E-state index in [-0.39, 0.29) is 0 Å². The molecule has 2 aliphatic heterocycles. The Labute approximate surface area is 119 Å². The van der Waals surface area contributed by atoms with Crippen molar-refractivity contribution in [3.8, 4) is 0 Å². The van der Waals surface area contributed by atoms with Gasteiger partial charge in [0, 0.05) is 38.8 Å². The van der Waals surface area contributed by atoms with Crippen LogP contribution in [0.1, 0.15) is 46.0 Å². The van der Waals surface area contributed by atoms with E-state index in [2.05, 4.69) is 29.0 Å². The van der Waals surface area contributed by atoms with Gasteiger partial charge in [-0.1, -0.05) is 20.3 Å². The molecule has 1 atom stereocenters. The predicted molar refractivity (Wildman–Crippen MR) is 82.6 cm³/mol. The van der Waals surface area contributed by atoms with Gasteiger partial charge in [0.1, 0.15) is 0 Å². The van der Waals surface area contributed by atoms with Crippen molar-refractivity contribution in [3.05, 3.63) is 0 Å². The van der Waals surface area contributed by atoms with Crippen molar-refractivity contribution >= 4 is 0 Å². The molecule has 0 saturated carbocycles. The first-order chi connectivity index (χ1) is 9.25. The minimum Gasteiger partial charge on any atom is -0.315 e. The summed E-state index contributed by atoms with van der Waals surface area (Å²) >= 11 is 0. The van der Waals surface area contributed by atoms with Crippen LogP contribution in [-0.4, -0.2) is 61.7 Å². The van der Waals surface area contributed by atoms with Crippen LogP contribution in [0.25, 0.3) is 0 Å². The van der Waals surface area contributed by atoms with Crippen LogP contribution in [0.15, 0.2) is 0 Å². The van der Waals surface area contributed by atoms with Gasteiger partial charge < -0.3 is 5.32 Å². The zero-order valence-electron chi connectivity index (χ0n) is 13.0. The fraction of sp³-hybridized carbons (Fsp3) is 1.00. The van der Waals surface area contributed by atoms with E-state index in [1.165, 1.54) is 77.9 Å². The van der Waals surface area contributed by atoms with E-state index < -0.39 is 0 Å². The highest BCUT2D eigenvalue weighted by molar-refractivity contribution is 4.85. The van der Waals surface area contributed by atoms with Crippen molar-refractivity contribution in [2.45, 2.75) is 52.0 Å². The molecule has 1 N–H and O–H groups in total. The molecule has 1 unspecified atom stereocenters. The molecule has 0 aromatic carbocycles. The number of rotatable bonds is 7. The Hall–Kier alpha value is -0.120. The number of fused-ring (bicyclic) bond motifs is 1. The van der Waals surface area contributed by atoms with Gasteiger partial charge in [0.25, 0.3) is 0 Å². The number of nitrogens with zero attached hydrogens (tertiary/aromatic N) is 2. The average Bonchev–Trinajstić information content (AvgIpc) is 2.42. The van der Waals surface area contributed by atoms with E-state index in [1.807, 2.05) is 0 Å². The maximum atomic E-state index is 3.60. The highest BCUT2D eigenvalue weighted by Crippen LogP contribution is 2.20. The maximum absolute atomic E-state index is 3.60. The van der Waals surface area contributed by atoms with Crippen molar-refractivity contribution in [1.82, 2.24) is 15.1 Å². The summed E-state index contributed by atoms with van der Waals surface area (Å²) < 4.78 is 0. The molecule has 2 aliphatic rings. The standard InChI is InChI=1S/C16H33N3/c1-15(2)6-5-8-17-9-11-18-12-13-19-10-4-3-7-16(19)14-18/h15-17H,3-14H2,1-2H3. The minimum atomic E-state index is 0.848. The Morgan fingerprint density at radius 2 is 2.00 bits per heavy atom. The average molecular weight is 267 g/mol. The molecular weight excluding hydrogens is 234 g/mol. The third-order valence-electron chi connectivity index (χ3n) is 4.66. The van der Waals surface area contributed by atoms with Crippen LogP contribution in [0.5, 0.6) is 0 Å². The molecule has 19 heavy (non-hydrogen) atoms. The highest BCUT2D eigenvalue weighted by Gasteiger charge is 2.28. The SMILES string of the molecule is CC(C)CCCNCCN1CCN2CCCCC2C1. The second-order valence-corrected chi connectivity index (χ2v) is 6.77. The number of piperidine rings is 1. The maximum Gasteiger partial charge on any atom is 0.0223 e. The van der Waals surface area contributed by atoms with Crippen molar-refractivity contribution in [2.75, 3.05) is 45.8 Å². The van der Waals surface area contributed by atoms with Crippen molar-refractivity contribution in [1.29, 1.82) is 0 Å². The molecule has 0 aromatic rings. The van der Waals surface area contributed by atoms with Gasteiger partial charge in [-0.05, 0) is 44.7 Å². The lowest BCUT2D eigenvalue weighted by Gasteiger charge is -2.44. The van der Waals surface area contributed by atoms with Gasteiger partial charge in [-0.3, -0.25) is 9.80 Å². The monoisotopic (exact) mass is 267 g/mol. The van der Waals surface area contributed by atoms with Gasteiger partial charge in [-0.2, -0.15) is 0 Å². The molecule has 0 bridgehead atoms. The summed E-state index contributed by atoms with van der Waals surface area (Å²) in [5.74, 6) is 0.848. The number of nitrogens with one attached hydrogen (secondary N) is 1. The topological polar surface area (TPSA) is 18.5 Å². The van der Waals surface area contributed by atoms with E-state index in [9.17, 15) is 0 Å². The number of hydrogen-bond donors (Lipinski definition) is 1. The molecule has 2 heterocycles. The fourth-order valence-electron chi connectivity index (χ4n) is 3.42. The van der Waals surface area contributed by atoms with Crippen molar-refractivity contribution < 1.29 is 0 Å². The van der Waals surface area contributed by atoms with Gasteiger partial charge in [-0.15, -0.1) is 0 Å². The van der Waals surface area contributed by atoms with Crippen molar-refractivity contribution in [3.63, 3.8) is 0 Å². The molecule has 0 radical (unpaired) electrons. The van der Waals surface area contributed by atoms with Crippen LogP contribution < -0.4 is 5.32 Å². The molecule has 112 valence electrons. The van der Waals surface area contributed by atoms with Crippen molar-refractivity contribution in [2.24, 2.45) is 5.92 Å². The third kappa shape index (κ3) is 5.41. The lowest BCUT2D eigenvalue weighted by molar-refractivity contribution is 0.0500. The van der Waals surface area contributed by atoms with Crippen LogP contribution in [0.2, 0.25) is 0 Å². The van der Waals surface area contributed by atoms with Crippen LogP contribution in [0.4, 0.5) is 0 Å². The Bertz CT molecular complexity index is 242. The molecule has 2 fully saturated rings. The smallest absolute Gasteiger partial charge is 0.0223 e. The summed E-state index contributed by atoms with van der Waals surface area (Å²) in [6.07, 6.45) is 6.98. The quantitative estimate of drug-likeness (QED) is 0.713. The summed E-state index contributed by atoms with van der Waals surface area (Å²) in [6, 6.07) is 0.864. The van der Waals surface area contributed by atoms with Gasteiger partial charge in [-0.25, -0.2) is 0 Å². The first-order valence-corrected chi connectivity index (χ1v) is 8.43. The summed E-state index contributed by atoms with van der Waals surface area (Å²) in [6.45, 7) is 13.5. The normalized spacial score (nSPS) is 25.7. The van der Waals surface area contributed by atoms with E-state index in [4.69, 9.17) is 0 Å². The summed E-state index contributed by atoms with van der Waals surface area (Å²) in [7, 11) is 0. The van der Waals surface area contributed by atoms with Gasteiger partial charge in [0.15, 0.2) is 0 Å². The first kappa shape index (κ1) is 15.3. The van der Waals surface area contributed by atoms with E-state index >= 15 is 0 Å². The van der Waals surface area contributed by atoms with Gasteiger partial charge in [0.2, 0.25) is 0 Å². The lowest BCUT2D eigenvalue weighted by Crippen LogP contribution is -2.55. The molecule has 0 spiro atoms. The minimum absolute atomic E-state index is 0.848. The van der Waals surface area contributed by atoms with Crippen LogP contribution in [-0.2, 0) is 0 Å². The zero-order valence-corrected chi connectivity index (χ0v) is 13.0. The first-order valence-electron chi connectivity index (χ1n) is 8.43. The zero-order chi connectivity index (χ0) is 13.5. The predicted octanol–water partition coefficient (Wildman–Crippen LogP) is 2.18. The van der Waals surface area contributed by atoms with Crippen LogP contribution in [0.3, 0.4) is 0 Å². The van der Waals surface area contributed by atoms with Crippen LogP contribution >= 0.6 is 0 Å². The number of piperazine rings is 1. The van der Waals surface area contributed by atoms with Crippen LogP contribution in [0, 0.1) is 5.92 Å². The second-order valence-electron chi connectivity index (χ2n) is 6.77. The molecule has 0 amide bonds.